The Morgan fingerprint density at radius 2 is 1.36 bits per heavy atom. The van der Waals surface area contributed by atoms with Crippen molar-refractivity contribution in [1.29, 1.82) is 0 Å². The molecule has 1 aromatic rings. The van der Waals surface area contributed by atoms with Gasteiger partial charge in [-0.15, -0.1) is 0 Å². The van der Waals surface area contributed by atoms with Crippen LogP contribution < -0.4 is 9.63 Å². The molecule has 1 heterocycles. The molecule has 10 heteroatoms. The van der Waals surface area contributed by atoms with Gasteiger partial charge in [-0.1, -0.05) is 103 Å². The lowest BCUT2D eigenvalue weighted by Gasteiger charge is -2.28. The second-order valence-corrected chi connectivity index (χ2v) is 13.0. The van der Waals surface area contributed by atoms with Crippen molar-refractivity contribution in [2.24, 2.45) is 0 Å². The molecule has 0 aliphatic carbocycles. The standard InChI is InChI=1S/C29H57N2O7P/c1-5-6-7-8-9-10-11-12-13-14-15-16-17-18-19-20-23-34-26-28(38-29-21-24-35-30-29)27-37-39(32,33)36-25-22-31(2,3)4/h21,24,28H,5-20,22-23,25-27H2,1-4H3/t28-/m0/s1. The lowest BCUT2D eigenvalue weighted by Crippen LogP contribution is -2.37. The van der Waals surface area contributed by atoms with E-state index in [1.165, 1.54) is 96.2 Å². The summed E-state index contributed by atoms with van der Waals surface area (Å²) in [6.45, 7) is 3.41. The summed E-state index contributed by atoms with van der Waals surface area (Å²) >= 11 is 0. The summed E-state index contributed by atoms with van der Waals surface area (Å²) in [5.74, 6) is 0.251. The van der Waals surface area contributed by atoms with Gasteiger partial charge in [0.05, 0.1) is 34.4 Å². The zero-order chi connectivity index (χ0) is 28.7. The fourth-order valence-electron chi connectivity index (χ4n) is 4.15. The number of rotatable bonds is 28. The highest BCUT2D eigenvalue weighted by Crippen LogP contribution is 2.38. The number of phosphoric acid groups is 1. The van der Waals surface area contributed by atoms with Crippen molar-refractivity contribution in [2.75, 3.05) is 54.1 Å². The molecular formula is C29H57N2O7P. The summed E-state index contributed by atoms with van der Waals surface area (Å²) in [4.78, 5) is 12.1. The Labute approximate surface area is 238 Å². The molecule has 0 aliphatic rings. The van der Waals surface area contributed by atoms with Crippen molar-refractivity contribution >= 4 is 7.82 Å². The molecular weight excluding hydrogens is 519 g/mol. The van der Waals surface area contributed by atoms with Gasteiger partial charge in [-0.3, -0.25) is 4.57 Å². The smallest absolute Gasteiger partial charge is 0.268 e. The summed E-state index contributed by atoms with van der Waals surface area (Å²) in [7, 11) is 1.43. The van der Waals surface area contributed by atoms with Crippen LogP contribution in [0.5, 0.6) is 5.88 Å². The first-order valence-electron chi connectivity index (χ1n) is 15.3. The number of unbranched alkanes of at least 4 members (excludes halogenated alkanes) is 15. The molecule has 0 aromatic carbocycles. The topological polar surface area (TPSA) is 103 Å². The second kappa shape index (κ2) is 22.7. The van der Waals surface area contributed by atoms with Crippen LogP contribution in [0.25, 0.3) is 0 Å². The highest BCUT2D eigenvalue weighted by molar-refractivity contribution is 7.45. The van der Waals surface area contributed by atoms with Gasteiger partial charge in [0, 0.05) is 12.7 Å². The minimum atomic E-state index is -4.44. The number of phosphoric ester groups is 1. The normalized spacial score (nSPS) is 14.4. The molecule has 230 valence electrons. The molecule has 0 saturated carbocycles. The molecule has 0 aliphatic heterocycles. The molecule has 9 nitrogen and oxygen atoms in total. The summed E-state index contributed by atoms with van der Waals surface area (Å²) in [6.07, 6.45) is 21.9. The van der Waals surface area contributed by atoms with Gasteiger partial charge in [0.15, 0.2) is 0 Å². The molecule has 39 heavy (non-hydrogen) atoms. The lowest BCUT2D eigenvalue weighted by molar-refractivity contribution is -0.870. The molecule has 0 saturated heterocycles. The molecule has 0 radical (unpaired) electrons. The fraction of sp³-hybridized carbons (Fsp3) is 0.897. The third kappa shape index (κ3) is 23.4. The van der Waals surface area contributed by atoms with Crippen LogP contribution in [0, 0.1) is 0 Å². The van der Waals surface area contributed by atoms with E-state index in [-0.39, 0.29) is 25.7 Å². The van der Waals surface area contributed by atoms with Gasteiger partial charge in [-0.2, -0.15) is 0 Å². The molecule has 2 atom stereocenters. The predicted molar refractivity (Wildman–Crippen MR) is 154 cm³/mol. The summed E-state index contributed by atoms with van der Waals surface area (Å²) in [6, 6.07) is 1.55. The van der Waals surface area contributed by atoms with Crippen LogP contribution in [0.2, 0.25) is 0 Å². The Morgan fingerprint density at radius 3 is 1.85 bits per heavy atom. The second-order valence-electron chi connectivity index (χ2n) is 11.5. The number of hydrogen-bond donors (Lipinski definition) is 0. The maximum Gasteiger partial charge on any atom is 0.268 e. The van der Waals surface area contributed by atoms with Crippen LogP contribution >= 0.6 is 7.82 Å². The number of nitrogens with zero attached hydrogens (tertiary/aromatic N) is 2. The first-order valence-corrected chi connectivity index (χ1v) is 16.7. The van der Waals surface area contributed by atoms with Crippen molar-refractivity contribution in [3.8, 4) is 5.88 Å². The highest BCUT2D eigenvalue weighted by atomic mass is 31.2. The Hall–Kier alpha value is -0.960. The number of hydrogen-bond acceptors (Lipinski definition) is 8. The first-order chi connectivity index (χ1) is 18.7. The van der Waals surface area contributed by atoms with Crippen LogP contribution in [-0.4, -0.2) is 69.9 Å². The monoisotopic (exact) mass is 576 g/mol. The van der Waals surface area contributed by atoms with E-state index in [4.69, 9.17) is 23.0 Å². The average Bonchev–Trinajstić information content (AvgIpc) is 3.38. The molecule has 1 aromatic heterocycles. The molecule has 1 rings (SSSR count). The van der Waals surface area contributed by atoms with Crippen LogP contribution in [0.15, 0.2) is 16.9 Å². The molecule has 1 unspecified atom stereocenters. The quantitative estimate of drug-likeness (QED) is 0.0602. The number of quaternary nitrogens is 1. The zero-order valence-electron chi connectivity index (χ0n) is 25.3. The third-order valence-electron chi connectivity index (χ3n) is 6.58. The lowest BCUT2D eigenvalue weighted by atomic mass is 10.0. The van der Waals surface area contributed by atoms with Crippen molar-refractivity contribution in [1.82, 2.24) is 5.16 Å². The maximum atomic E-state index is 12.1. The number of likely N-dealkylation sites (N-methyl/N-ethyl adjacent to an activating group) is 1. The number of ether oxygens (including phenoxy) is 2. The Morgan fingerprint density at radius 1 is 0.821 bits per heavy atom. The van der Waals surface area contributed by atoms with Crippen molar-refractivity contribution in [3.63, 3.8) is 0 Å². The van der Waals surface area contributed by atoms with Crippen molar-refractivity contribution in [2.45, 2.75) is 116 Å². The van der Waals surface area contributed by atoms with Gasteiger partial charge in [-0.05, 0) is 11.6 Å². The fourth-order valence-corrected chi connectivity index (χ4v) is 4.88. The Bertz CT molecular complexity index is 713. The maximum absolute atomic E-state index is 12.1. The van der Waals surface area contributed by atoms with Crippen LogP contribution in [0.3, 0.4) is 0 Å². The van der Waals surface area contributed by atoms with Gasteiger partial charge >= 0.3 is 0 Å². The van der Waals surface area contributed by atoms with Crippen LogP contribution in [0.1, 0.15) is 110 Å². The van der Waals surface area contributed by atoms with E-state index < -0.39 is 13.9 Å². The molecule has 0 N–H and O–H groups in total. The van der Waals surface area contributed by atoms with E-state index in [0.29, 0.717) is 17.6 Å². The Kier molecular flexibility index (Phi) is 21.0. The van der Waals surface area contributed by atoms with Crippen molar-refractivity contribution in [3.05, 3.63) is 12.3 Å². The minimum absolute atomic E-state index is 0.0504. The highest BCUT2D eigenvalue weighted by Gasteiger charge is 2.19. The van der Waals surface area contributed by atoms with E-state index in [9.17, 15) is 9.46 Å². The van der Waals surface area contributed by atoms with Gasteiger partial charge in [0.1, 0.15) is 25.5 Å². The molecule has 0 bridgehead atoms. The number of aromatic nitrogens is 1. The summed E-state index contributed by atoms with van der Waals surface area (Å²) in [5, 5.41) is 3.72. The largest absolute Gasteiger partial charge is 0.756 e. The van der Waals surface area contributed by atoms with Gasteiger partial charge in [-0.25, -0.2) is 0 Å². The first kappa shape index (κ1) is 36.1. The molecule has 0 spiro atoms. The summed E-state index contributed by atoms with van der Waals surface area (Å²) < 4.78 is 38.9. The van der Waals surface area contributed by atoms with Gasteiger partial charge in [0.2, 0.25) is 0 Å². The van der Waals surface area contributed by atoms with E-state index in [2.05, 4.69) is 12.1 Å². The van der Waals surface area contributed by atoms with Gasteiger partial charge in [0.25, 0.3) is 13.7 Å². The third-order valence-corrected chi connectivity index (χ3v) is 7.54. The summed E-state index contributed by atoms with van der Waals surface area (Å²) in [5.41, 5.74) is 0. The van der Waals surface area contributed by atoms with Crippen LogP contribution in [-0.2, 0) is 18.3 Å². The van der Waals surface area contributed by atoms with Crippen LogP contribution in [0.4, 0.5) is 0 Å². The average molecular weight is 577 g/mol. The zero-order valence-corrected chi connectivity index (χ0v) is 26.2. The molecule has 0 fully saturated rings. The van der Waals surface area contributed by atoms with E-state index in [1.807, 2.05) is 21.1 Å². The van der Waals surface area contributed by atoms with Crippen molar-refractivity contribution < 1.29 is 37.0 Å². The molecule has 0 amide bonds. The minimum Gasteiger partial charge on any atom is -0.756 e. The predicted octanol–water partition coefficient (Wildman–Crippen LogP) is 6.91. The van der Waals surface area contributed by atoms with E-state index in [1.54, 1.807) is 6.07 Å². The Balaban J connectivity index is 2.07. The SMILES string of the molecule is CCCCCCCCCCCCCCCCCCOC[C@@H](COP(=O)([O-])OCC[N+](C)(C)C)Oc1ccon1. The van der Waals surface area contributed by atoms with Gasteiger partial charge < -0.3 is 32.4 Å². The van der Waals surface area contributed by atoms with E-state index in [0.717, 1.165) is 12.8 Å². The van der Waals surface area contributed by atoms with E-state index >= 15 is 0 Å².